The number of piperidine rings is 2. The Morgan fingerprint density at radius 3 is 1.42 bits per heavy atom. The second-order valence-electron chi connectivity index (χ2n) is 24.0. The van der Waals surface area contributed by atoms with Gasteiger partial charge in [0, 0.05) is 121 Å². The van der Waals surface area contributed by atoms with Gasteiger partial charge >= 0.3 is 0 Å². The van der Waals surface area contributed by atoms with Crippen molar-refractivity contribution in [2.45, 2.75) is 65.5 Å². The molecule has 8 aromatic rings. The van der Waals surface area contributed by atoms with E-state index < -0.39 is 14.3 Å². The van der Waals surface area contributed by atoms with Gasteiger partial charge in [-0.25, -0.2) is 9.97 Å². The van der Waals surface area contributed by atoms with Gasteiger partial charge in [-0.05, 0) is 166 Å². The van der Waals surface area contributed by atoms with Gasteiger partial charge in [0.05, 0.1) is 61.8 Å². The molecule has 0 bridgehead atoms. The van der Waals surface area contributed by atoms with Gasteiger partial charge in [-0.1, -0.05) is 35.3 Å². The quantitative estimate of drug-likeness (QED) is 0.0402. The van der Waals surface area contributed by atoms with Crippen LogP contribution >= 0.6 is 49.1 Å². The number of nitrogens with two attached hydrogens (primary N) is 1. The summed E-state index contributed by atoms with van der Waals surface area (Å²) in [4.78, 5) is 26.5. The lowest BCUT2D eigenvalue weighted by molar-refractivity contribution is 0.249. The van der Waals surface area contributed by atoms with E-state index in [1.54, 1.807) is 47.1 Å². The van der Waals surface area contributed by atoms with Crippen molar-refractivity contribution in [1.82, 2.24) is 49.3 Å². The van der Waals surface area contributed by atoms with Crippen LogP contribution in [0.25, 0.3) is 22.3 Å². The standard InChI is InChI=1S/C32H42ClN8O2P.C18H27N5O.C14H16Cl2N3OP/c1-20-9-10-26(30(21(20)2)44(7,8)42)36-31-25(33)18-34-32(38-31)37-27-15-24(22-17-35-40(5)19-22)28(16-29(27)43-6)41-13-11-23(12-14-41)39(3)4;1-21(2)14-5-7-23(8-6-14)17-10-18(24-4)16(19)9-15(17)13-11-20-22(3)12-13;1-8-5-6-11(12(9(8)2)21(3,4)20)18-13-10(15)7-17-14(16)19-13/h9-10,15-19,23H,11-14H2,1-8H3,(H2,34,36,37,38);9-12,14H,5-8,19H2,1-4H3;5-7H,1-4H3,(H,17,18,19). The van der Waals surface area contributed by atoms with Crippen LogP contribution in [0.4, 0.5) is 51.7 Å². The number of methoxy groups -OCH3 is 2. The van der Waals surface area contributed by atoms with Crippen molar-refractivity contribution in [1.29, 1.82) is 0 Å². The van der Waals surface area contributed by atoms with Crippen LogP contribution in [0.5, 0.6) is 11.5 Å². The summed E-state index contributed by atoms with van der Waals surface area (Å²) in [5.41, 5.74) is 19.6. The topological polar surface area (TPSA) is 215 Å². The molecule has 4 aromatic carbocycles. The zero-order valence-electron chi connectivity index (χ0n) is 54.0. The Kier molecular flexibility index (Phi) is 22.1. The predicted octanol–water partition coefficient (Wildman–Crippen LogP) is 13.0. The molecular formula is C64H85Cl3N16O4P2. The Hall–Kier alpha value is -6.89. The average Bonchev–Trinajstić information content (AvgIpc) is 1.89. The molecule has 25 heteroatoms. The smallest absolute Gasteiger partial charge is 0.229 e. The summed E-state index contributed by atoms with van der Waals surface area (Å²) < 4.78 is 40.8. The van der Waals surface area contributed by atoms with Crippen LogP contribution in [0.15, 0.2) is 85.7 Å². The number of rotatable bonds is 16. The molecule has 10 rings (SSSR count). The van der Waals surface area contributed by atoms with Crippen LogP contribution in [0.2, 0.25) is 15.3 Å². The largest absolute Gasteiger partial charge is 0.495 e. The third-order valence-corrected chi connectivity index (χ3v) is 20.5. The molecule has 0 saturated carbocycles. The summed E-state index contributed by atoms with van der Waals surface area (Å²) in [6.45, 7) is 19.0. The van der Waals surface area contributed by atoms with E-state index in [0.29, 0.717) is 62.5 Å². The van der Waals surface area contributed by atoms with Crippen molar-refractivity contribution in [3.63, 3.8) is 0 Å². The molecule has 0 atom stereocenters. The number of aryl methyl sites for hydroxylation is 4. The molecule has 20 nitrogen and oxygen atoms in total. The molecule has 0 aliphatic carbocycles. The van der Waals surface area contributed by atoms with Crippen LogP contribution in [0.1, 0.15) is 47.9 Å². The third kappa shape index (κ3) is 16.6. The maximum atomic E-state index is 13.3. The fraction of sp³-hybridized carbons (Fsp3) is 0.406. The van der Waals surface area contributed by atoms with E-state index in [-0.39, 0.29) is 5.28 Å². The molecule has 2 aliphatic heterocycles. The summed E-state index contributed by atoms with van der Waals surface area (Å²) in [6, 6.07) is 17.2. The molecule has 0 unspecified atom stereocenters. The van der Waals surface area contributed by atoms with E-state index in [2.05, 4.69) is 107 Å². The van der Waals surface area contributed by atoms with E-state index in [4.69, 9.17) is 55.0 Å². The molecule has 2 fully saturated rings. The van der Waals surface area contributed by atoms with Crippen LogP contribution in [-0.4, -0.2) is 157 Å². The minimum atomic E-state index is -2.60. The van der Waals surface area contributed by atoms with E-state index in [1.807, 2.05) is 106 Å². The number of hydrogen-bond acceptors (Lipinski definition) is 18. The van der Waals surface area contributed by atoms with Crippen molar-refractivity contribution >= 4 is 111 Å². The Morgan fingerprint density at radius 2 is 1.00 bits per heavy atom. The van der Waals surface area contributed by atoms with Gasteiger partial charge in [-0.3, -0.25) is 9.36 Å². The summed E-state index contributed by atoms with van der Waals surface area (Å²) in [5, 5.41) is 20.9. The van der Waals surface area contributed by atoms with E-state index in [9.17, 15) is 9.13 Å². The lowest BCUT2D eigenvalue weighted by Gasteiger charge is -2.37. The monoisotopic (exact) mass is 1310 g/mol. The molecular weight excluding hydrogens is 1230 g/mol. The Morgan fingerprint density at radius 1 is 0.573 bits per heavy atom. The minimum Gasteiger partial charge on any atom is -0.495 e. The second kappa shape index (κ2) is 28.9. The first-order valence-corrected chi connectivity index (χ1v) is 35.7. The van der Waals surface area contributed by atoms with Crippen molar-refractivity contribution in [3.05, 3.63) is 123 Å². The van der Waals surface area contributed by atoms with Gasteiger partial charge in [0.2, 0.25) is 11.2 Å². The van der Waals surface area contributed by atoms with Gasteiger partial charge in [-0.15, -0.1) is 0 Å². The summed E-state index contributed by atoms with van der Waals surface area (Å²) >= 11 is 18.4. The van der Waals surface area contributed by atoms with E-state index >= 15 is 0 Å². The molecule has 0 spiro atoms. The van der Waals surface area contributed by atoms with E-state index in [0.717, 1.165) is 124 Å². The highest BCUT2D eigenvalue weighted by Gasteiger charge is 2.28. The lowest BCUT2D eigenvalue weighted by atomic mass is 9.99. The Labute approximate surface area is 539 Å². The molecule has 89 heavy (non-hydrogen) atoms. The van der Waals surface area contributed by atoms with Gasteiger partial charge in [0.15, 0.2) is 11.6 Å². The number of anilines is 9. The number of hydrogen-bond donors (Lipinski definition) is 4. The Balaban J connectivity index is 0.000000191. The molecule has 2 saturated heterocycles. The number of nitrogen functional groups attached to an aromatic ring is 1. The van der Waals surface area contributed by atoms with Crippen LogP contribution < -0.4 is 51.6 Å². The first-order valence-electron chi connectivity index (χ1n) is 29.4. The lowest BCUT2D eigenvalue weighted by Crippen LogP contribution is -2.42. The zero-order chi connectivity index (χ0) is 64.8. The van der Waals surface area contributed by atoms with Gasteiger partial charge in [0.25, 0.3) is 0 Å². The highest BCUT2D eigenvalue weighted by atomic mass is 35.5. The van der Waals surface area contributed by atoms with Crippen LogP contribution in [0.3, 0.4) is 0 Å². The minimum absolute atomic E-state index is 0.100. The maximum absolute atomic E-state index is 13.3. The molecule has 0 radical (unpaired) electrons. The van der Waals surface area contributed by atoms with Crippen molar-refractivity contribution in [3.8, 4) is 33.8 Å². The number of ether oxygens (including phenoxy) is 2. The third-order valence-electron chi connectivity index (χ3n) is 16.5. The molecule has 0 amide bonds. The molecule has 5 N–H and O–H groups in total. The molecule has 4 aromatic heterocycles. The number of benzene rings is 4. The van der Waals surface area contributed by atoms with Gasteiger partial charge < -0.3 is 59.9 Å². The predicted molar refractivity (Wildman–Crippen MR) is 372 cm³/mol. The average molecular weight is 1310 g/mol. The molecule has 2 aliphatic rings. The number of aromatic nitrogens is 8. The Bertz CT molecular complexity index is 3910. The maximum Gasteiger partial charge on any atom is 0.229 e. The SMILES string of the molecule is COc1cc(N2CCC(N(C)C)CC2)c(-c2cnn(C)c2)cc1N.COc1cc(N2CCC(N(C)C)CC2)c(-c2cnn(C)c2)cc1Nc1ncc(Cl)c(Nc2ccc(C)c(C)c2P(C)(C)=O)n1.Cc1ccc(Nc2nc(Cl)ncc2Cl)c(P(C)(C)=O)c1C. The number of nitrogens with one attached hydrogen (secondary N) is 3. The zero-order valence-corrected chi connectivity index (χ0v) is 58.1. The van der Waals surface area contributed by atoms with Crippen LogP contribution in [-0.2, 0) is 23.2 Å². The first-order chi connectivity index (χ1) is 42.0. The molecule has 6 heterocycles. The normalized spacial score (nSPS) is 14.1. The number of nitrogens with zero attached hydrogens (tertiary/aromatic N) is 12. The second-order valence-corrected chi connectivity index (χ2v) is 31.4. The van der Waals surface area contributed by atoms with Crippen molar-refractivity contribution in [2.75, 3.05) is 127 Å². The van der Waals surface area contributed by atoms with Crippen molar-refractivity contribution in [2.24, 2.45) is 14.1 Å². The summed E-state index contributed by atoms with van der Waals surface area (Å²) in [6.07, 6.45) is 15.3. The summed E-state index contributed by atoms with van der Waals surface area (Å²) in [7, 11) is 10.7. The highest BCUT2D eigenvalue weighted by molar-refractivity contribution is 7.71. The van der Waals surface area contributed by atoms with Gasteiger partial charge in [-0.2, -0.15) is 20.2 Å². The number of halogens is 3. The van der Waals surface area contributed by atoms with Crippen molar-refractivity contribution < 1.29 is 18.6 Å². The van der Waals surface area contributed by atoms with E-state index in [1.165, 1.54) is 11.9 Å². The van der Waals surface area contributed by atoms with Crippen LogP contribution in [0, 0.1) is 27.7 Å². The fourth-order valence-corrected chi connectivity index (χ4v) is 15.3. The first kappa shape index (κ1) is 68.0. The summed E-state index contributed by atoms with van der Waals surface area (Å²) in [5.74, 6) is 2.55. The molecule has 476 valence electrons. The van der Waals surface area contributed by atoms with Gasteiger partial charge in [0.1, 0.15) is 35.8 Å². The highest BCUT2D eigenvalue weighted by Crippen LogP contribution is 2.45. The fourth-order valence-electron chi connectivity index (χ4n) is 11.5.